The van der Waals surface area contributed by atoms with Gasteiger partial charge in [-0.2, -0.15) is 0 Å². The lowest BCUT2D eigenvalue weighted by molar-refractivity contribution is -0.130. The predicted octanol–water partition coefficient (Wildman–Crippen LogP) is 2.25. The first kappa shape index (κ1) is 13.1. The molecule has 0 aliphatic carbocycles. The van der Waals surface area contributed by atoms with Gasteiger partial charge in [0.1, 0.15) is 0 Å². The third-order valence-corrected chi connectivity index (χ3v) is 4.71. The van der Waals surface area contributed by atoms with Crippen molar-refractivity contribution in [3.8, 4) is 0 Å². The Bertz CT molecular complexity index is 407. The molecule has 0 saturated carbocycles. The molecule has 3 nitrogen and oxygen atoms in total. The second-order valence-corrected chi connectivity index (χ2v) is 7.04. The minimum absolute atomic E-state index is 0.125. The zero-order valence-corrected chi connectivity index (χ0v) is 12.3. The first-order chi connectivity index (χ1) is 8.04. The summed E-state index contributed by atoms with van der Waals surface area (Å²) in [6, 6.07) is 2.28. The minimum atomic E-state index is 0.125. The van der Waals surface area contributed by atoms with Gasteiger partial charge in [-0.05, 0) is 51.7 Å². The average Bonchev–Trinajstić information content (AvgIpc) is 2.63. The highest BCUT2D eigenvalue weighted by molar-refractivity contribution is 9.11. The van der Waals surface area contributed by atoms with Gasteiger partial charge in [-0.15, -0.1) is 11.3 Å². The zero-order chi connectivity index (χ0) is 12.4. The molecule has 1 aromatic rings. The van der Waals surface area contributed by atoms with Gasteiger partial charge in [0.2, 0.25) is 5.91 Å². The molecule has 1 saturated heterocycles. The molecule has 2 unspecified atom stereocenters. The van der Waals surface area contributed by atoms with Crippen molar-refractivity contribution in [1.82, 2.24) is 4.90 Å². The van der Waals surface area contributed by atoms with Gasteiger partial charge in [0.15, 0.2) is 0 Å². The highest BCUT2D eigenvalue weighted by Gasteiger charge is 2.26. The number of amides is 1. The van der Waals surface area contributed by atoms with Crippen LogP contribution in [0.2, 0.25) is 0 Å². The van der Waals surface area contributed by atoms with Crippen LogP contribution < -0.4 is 5.73 Å². The number of nitrogens with two attached hydrogens (primary N) is 1. The van der Waals surface area contributed by atoms with Crippen LogP contribution in [0.25, 0.3) is 0 Å². The smallest absolute Gasteiger partial charge is 0.219 e. The standard InChI is InChI=1S/C12H17BrN2OS/c1-8(16)15-5-9(3-11(14)6-15)2-10-4-12(13)17-7-10/h4,7,9,11H,2-3,5-6,14H2,1H3. The topological polar surface area (TPSA) is 46.3 Å². The van der Waals surface area contributed by atoms with Gasteiger partial charge >= 0.3 is 0 Å². The van der Waals surface area contributed by atoms with Crippen molar-refractivity contribution in [2.24, 2.45) is 11.7 Å². The van der Waals surface area contributed by atoms with E-state index in [4.69, 9.17) is 5.73 Å². The molecule has 2 N–H and O–H groups in total. The minimum Gasteiger partial charge on any atom is -0.341 e. The third kappa shape index (κ3) is 3.53. The number of hydrogen-bond donors (Lipinski definition) is 1. The maximum atomic E-state index is 11.4. The van der Waals surface area contributed by atoms with Gasteiger partial charge in [0, 0.05) is 26.1 Å². The van der Waals surface area contributed by atoms with Gasteiger partial charge < -0.3 is 10.6 Å². The Morgan fingerprint density at radius 3 is 3.00 bits per heavy atom. The molecule has 0 bridgehead atoms. The Balaban J connectivity index is 1.98. The molecule has 1 amide bonds. The van der Waals surface area contributed by atoms with E-state index in [0.29, 0.717) is 12.5 Å². The zero-order valence-electron chi connectivity index (χ0n) is 9.86. The van der Waals surface area contributed by atoms with Gasteiger partial charge in [0.05, 0.1) is 3.79 Å². The summed E-state index contributed by atoms with van der Waals surface area (Å²) in [6.45, 7) is 3.17. The summed E-state index contributed by atoms with van der Waals surface area (Å²) in [5.41, 5.74) is 7.35. The fourth-order valence-corrected chi connectivity index (χ4v) is 3.66. The normalized spacial score (nSPS) is 25.0. The summed E-state index contributed by atoms with van der Waals surface area (Å²) in [5.74, 6) is 0.626. The summed E-state index contributed by atoms with van der Waals surface area (Å²) in [5, 5.41) is 2.17. The number of rotatable bonds is 2. The van der Waals surface area contributed by atoms with Crippen LogP contribution in [0.15, 0.2) is 15.2 Å². The van der Waals surface area contributed by atoms with Crippen LogP contribution in [-0.2, 0) is 11.2 Å². The maximum absolute atomic E-state index is 11.4. The van der Waals surface area contributed by atoms with Crippen LogP contribution in [0.4, 0.5) is 0 Å². The monoisotopic (exact) mass is 316 g/mol. The van der Waals surface area contributed by atoms with Crippen LogP contribution in [-0.4, -0.2) is 29.9 Å². The fourth-order valence-electron chi connectivity index (χ4n) is 2.44. The fraction of sp³-hybridized carbons (Fsp3) is 0.583. The summed E-state index contributed by atoms with van der Waals surface area (Å²) in [7, 11) is 0. The largest absolute Gasteiger partial charge is 0.341 e. The van der Waals surface area contributed by atoms with Crippen molar-refractivity contribution in [2.75, 3.05) is 13.1 Å². The number of carbonyl (C=O) groups excluding carboxylic acids is 1. The maximum Gasteiger partial charge on any atom is 0.219 e. The molecule has 94 valence electrons. The SMILES string of the molecule is CC(=O)N1CC(N)CC(Cc2csc(Br)c2)C1. The molecule has 2 heterocycles. The Labute approximate surface area is 114 Å². The van der Waals surface area contributed by atoms with Crippen LogP contribution >= 0.6 is 27.3 Å². The number of nitrogens with zero attached hydrogens (tertiary/aromatic N) is 1. The van der Waals surface area contributed by atoms with Crippen LogP contribution in [0.3, 0.4) is 0 Å². The summed E-state index contributed by atoms with van der Waals surface area (Å²) >= 11 is 5.18. The number of halogens is 1. The summed E-state index contributed by atoms with van der Waals surface area (Å²) < 4.78 is 1.16. The van der Waals surface area contributed by atoms with E-state index in [1.54, 1.807) is 18.3 Å². The Morgan fingerprint density at radius 2 is 2.41 bits per heavy atom. The Hall–Kier alpha value is -0.390. The van der Waals surface area contributed by atoms with Crippen molar-refractivity contribution in [3.05, 3.63) is 20.8 Å². The molecule has 5 heteroatoms. The predicted molar refractivity (Wildman–Crippen MR) is 74.1 cm³/mol. The number of likely N-dealkylation sites (tertiary alicyclic amines) is 1. The molecule has 17 heavy (non-hydrogen) atoms. The first-order valence-corrected chi connectivity index (χ1v) is 7.46. The van der Waals surface area contributed by atoms with Gasteiger partial charge in [0.25, 0.3) is 0 Å². The number of hydrogen-bond acceptors (Lipinski definition) is 3. The van der Waals surface area contributed by atoms with E-state index in [2.05, 4.69) is 27.4 Å². The van der Waals surface area contributed by atoms with Crippen molar-refractivity contribution in [3.63, 3.8) is 0 Å². The second kappa shape index (κ2) is 5.50. The Kier molecular flexibility index (Phi) is 4.22. The van der Waals surface area contributed by atoms with E-state index in [1.165, 1.54) is 5.56 Å². The van der Waals surface area contributed by atoms with Crippen LogP contribution in [0.1, 0.15) is 18.9 Å². The van der Waals surface area contributed by atoms with Crippen molar-refractivity contribution in [1.29, 1.82) is 0 Å². The summed E-state index contributed by atoms with van der Waals surface area (Å²) in [6.07, 6.45) is 2.02. The van der Waals surface area contributed by atoms with E-state index in [-0.39, 0.29) is 11.9 Å². The van der Waals surface area contributed by atoms with Crippen LogP contribution in [0.5, 0.6) is 0 Å². The van der Waals surface area contributed by atoms with Gasteiger partial charge in [-0.3, -0.25) is 4.79 Å². The first-order valence-electron chi connectivity index (χ1n) is 5.78. The molecule has 1 aromatic heterocycles. The van der Waals surface area contributed by atoms with Crippen molar-refractivity contribution in [2.45, 2.75) is 25.8 Å². The Morgan fingerprint density at radius 1 is 1.65 bits per heavy atom. The molecule has 0 aromatic carbocycles. The average molecular weight is 317 g/mol. The molecule has 2 atom stereocenters. The molecule has 0 radical (unpaired) electrons. The molecule has 0 spiro atoms. The molecule has 1 fully saturated rings. The van der Waals surface area contributed by atoms with E-state index >= 15 is 0 Å². The lowest BCUT2D eigenvalue weighted by Gasteiger charge is -2.35. The van der Waals surface area contributed by atoms with E-state index in [0.717, 1.165) is 23.2 Å². The van der Waals surface area contributed by atoms with E-state index in [1.807, 2.05) is 4.90 Å². The highest BCUT2D eigenvalue weighted by Crippen LogP contribution is 2.26. The highest BCUT2D eigenvalue weighted by atomic mass is 79.9. The van der Waals surface area contributed by atoms with E-state index < -0.39 is 0 Å². The summed E-state index contributed by atoms with van der Waals surface area (Å²) in [4.78, 5) is 13.3. The molecule has 2 rings (SSSR count). The lowest BCUT2D eigenvalue weighted by Crippen LogP contribution is -2.49. The quantitative estimate of drug-likeness (QED) is 0.909. The number of piperidine rings is 1. The van der Waals surface area contributed by atoms with Crippen molar-refractivity contribution < 1.29 is 4.79 Å². The molecule has 1 aliphatic rings. The number of carbonyl (C=O) groups is 1. The molecular formula is C12H17BrN2OS. The van der Waals surface area contributed by atoms with E-state index in [9.17, 15) is 4.79 Å². The second-order valence-electron chi connectivity index (χ2n) is 4.75. The molecular weight excluding hydrogens is 300 g/mol. The third-order valence-electron chi connectivity index (χ3n) is 3.16. The van der Waals surface area contributed by atoms with Crippen LogP contribution in [0, 0.1) is 5.92 Å². The van der Waals surface area contributed by atoms with Gasteiger partial charge in [-0.25, -0.2) is 0 Å². The molecule has 1 aliphatic heterocycles. The van der Waals surface area contributed by atoms with Crippen molar-refractivity contribution >= 4 is 33.2 Å². The van der Waals surface area contributed by atoms with Gasteiger partial charge in [-0.1, -0.05) is 0 Å². The number of thiophene rings is 1. The lowest BCUT2D eigenvalue weighted by atomic mass is 9.90.